The molecule has 3 rings (SSSR count). The minimum Gasteiger partial charge on any atom is -0.372 e. The molecule has 0 atom stereocenters. The van der Waals surface area contributed by atoms with Gasteiger partial charge in [0.05, 0.1) is 6.54 Å². The van der Waals surface area contributed by atoms with Crippen molar-refractivity contribution in [3.63, 3.8) is 0 Å². The number of para-hydroxylation sites is 1. The molecule has 0 unspecified atom stereocenters. The summed E-state index contributed by atoms with van der Waals surface area (Å²) in [6, 6.07) is 24.0. The Morgan fingerprint density at radius 2 is 1.66 bits per heavy atom. The van der Waals surface area contributed by atoms with Crippen LogP contribution in [0.15, 0.2) is 88.8 Å². The molecule has 0 aliphatic carbocycles. The van der Waals surface area contributed by atoms with Crippen molar-refractivity contribution in [1.29, 1.82) is 0 Å². The molecule has 0 aliphatic rings. The fourth-order valence-electron chi connectivity index (χ4n) is 3.54. The van der Waals surface area contributed by atoms with Crippen LogP contribution in [0.1, 0.15) is 24.5 Å². The number of benzene rings is 2. The van der Waals surface area contributed by atoms with E-state index >= 15 is 0 Å². The molecule has 0 saturated carbocycles. The van der Waals surface area contributed by atoms with Crippen molar-refractivity contribution in [1.82, 2.24) is 15.2 Å². The number of pyridine rings is 1. The Kier molecular flexibility index (Phi) is 8.92. The number of aliphatic imine (C=N–C) groups is 1. The Labute approximate surface area is 190 Å². The molecule has 1 heterocycles. The lowest BCUT2D eigenvalue weighted by atomic mass is 10.1. The van der Waals surface area contributed by atoms with Crippen molar-refractivity contribution in [2.75, 3.05) is 31.6 Å². The van der Waals surface area contributed by atoms with Crippen LogP contribution in [0.5, 0.6) is 0 Å². The number of hydrogen-bond acceptors (Lipinski definition) is 3. The lowest BCUT2D eigenvalue weighted by molar-refractivity contribution is 0.708. The first kappa shape index (κ1) is 23.1. The van der Waals surface area contributed by atoms with Crippen LogP contribution >= 0.6 is 0 Å². The third-order valence-electron chi connectivity index (χ3n) is 5.36. The second kappa shape index (κ2) is 12.3. The molecule has 2 N–H and O–H groups in total. The Bertz CT molecular complexity index is 1030. The SMILES string of the molecule is CCN(CCCNC(=NC)NCc1ccc(Cn2ccccc2=O)cc1)c1ccccc1. The Morgan fingerprint density at radius 1 is 0.938 bits per heavy atom. The minimum absolute atomic E-state index is 0.0129. The van der Waals surface area contributed by atoms with Crippen LogP contribution in [-0.4, -0.2) is 37.2 Å². The van der Waals surface area contributed by atoms with Crippen LogP contribution in [0.25, 0.3) is 0 Å². The average Bonchev–Trinajstić information content (AvgIpc) is 2.84. The monoisotopic (exact) mass is 431 g/mol. The zero-order valence-electron chi connectivity index (χ0n) is 19.0. The molecule has 0 amide bonds. The lowest BCUT2D eigenvalue weighted by Gasteiger charge is -2.23. The van der Waals surface area contributed by atoms with E-state index in [1.807, 2.05) is 18.3 Å². The summed E-state index contributed by atoms with van der Waals surface area (Å²) < 4.78 is 1.70. The second-order valence-corrected chi connectivity index (χ2v) is 7.60. The van der Waals surface area contributed by atoms with E-state index in [-0.39, 0.29) is 5.56 Å². The normalized spacial score (nSPS) is 11.2. The fourth-order valence-corrected chi connectivity index (χ4v) is 3.54. The van der Waals surface area contributed by atoms with Gasteiger partial charge in [0.2, 0.25) is 0 Å². The van der Waals surface area contributed by atoms with Gasteiger partial charge < -0.3 is 20.1 Å². The number of rotatable bonds is 10. The highest BCUT2D eigenvalue weighted by molar-refractivity contribution is 5.79. The summed E-state index contributed by atoms with van der Waals surface area (Å²) in [5, 5.41) is 6.76. The molecule has 0 bridgehead atoms. The number of aromatic nitrogens is 1. The Balaban J connectivity index is 1.41. The molecule has 1 aromatic heterocycles. The topological polar surface area (TPSA) is 61.7 Å². The predicted octanol–water partition coefficient (Wildman–Crippen LogP) is 3.48. The largest absolute Gasteiger partial charge is 0.372 e. The van der Waals surface area contributed by atoms with E-state index in [0.29, 0.717) is 13.1 Å². The summed E-state index contributed by atoms with van der Waals surface area (Å²) in [6.07, 6.45) is 2.84. The van der Waals surface area contributed by atoms with E-state index in [4.69, 9.17) is 0 Å². The third-order valence-corrected chi connectivity index (χ3v) is 5.36. The zero-order valence-corrected chi connectivity index (χ0v) is 19.0. The zero-order chi connectivity index (χ0) is 22.6. The number of nitrogens with zero attached hydrogens (tertiary/aromatic N) is 3. The third kappa shape index (κ3) is 7.01. The van der Waals surface area contributed by atoms with Gasteiger partial charge in [0.25, 0.3) is 5.56 Å². The Hall–Kier alpha value is -3.54. The molecule has 2 aromatic carbocycles. The van der Waals surface area contributed by atoms with Gasteiger partial charge in [0, 0.05) is 51.2 Å². The number of guanidine groups is 1. The van der Waals surface area contributed by atoms with E-state index in [9.17, 15) is 4.79 Å². The summed E-state index contributed by atoms with van der Waals surface area (Å²) in [4.78, 5) is 18.6. The molecule has 168 valence electrons. The van der Waals surface area contributed by atoms with Crippen molar-refractivity contribution in [2.45, 2.75) is 26.4 Å². The predicted molar refractivity (Wildman–Crippen MR) is 133 cm³/mol. The van der Waals surface area contributed by atoms with Crippen molar-refractivity contribution in [3.8, 4) is 0 Å². The van der Waals surface area contributed by atoms with E-state index in [1.165, 1.54) is 11.3 Å². The van der Waals surface area contributed by atoms with Crippen molar-refractivity contribution >= 4 is 11.6 Å². The van der Waals surface area contributed by atoms with Gasteiger partial charge in [-0.15, -0.1) is 0 Å². The summed E-state index contributed by atoms with van der Waals surface area (Å²) in [5.41, 5.74) is 3.54. The van der Waals surface area contributed by atoms with Crippen LogP contribution in [-0.2, 0) is 13.1 Å². The lowest BCUT2D eigenvalue weighted by Crippen LogP contribution is -2.38. The molecular formula is C26H33N5O. The molecule has 0 saturated heterocycles. The van der Waals surface area contributed by atoms with E-state index in [2.05, 4.69) is 76.0 Å². The van der Waals surface area contributed by atoms with Crippen LogP contribution in [0.4, 0.5) is 5.69 Å². The number of anilines is 1. The van der Waals surface area contributed by atoms with E-state index in [0.717, 1.165) is 37.6 Å². The smallest absolute Gasteiger partial charge is 0.250 e. The van der Waals surface area contributed by atoms with Gasteiger partial charge in [0.1, 0.15) is 0 Å². The number of hydrogen-bond donors (Lipinski definition) is 2. The molecule has 0 aliphatic heterocycles. The van der Waals surface area contributed by atoms with E-state index in [1.54, 1.807) is 23.7 Å². The highest BCUT2D eigenvalue weighted by Gasteiger charge is 2.04. The molecule has 6 heteroatoms. The van der Waals surface area contributed by atoms with Gasteiger partial charge >= 0.3 is 0 Å². The molecule has 0 fully saturated rings. The maximum absolute atomic E-state index is 11.9. The second-order valence-electron chi connectivity index (χ2n) is 7.60. The molecular weight excluding hydrogens is 398 g/mol. The Morgan fingerprint density at radius 3 is 2.34 bits per heavy atom. The standard InChI is InChI=1S/C26H33N5O/c1-3-30(24-10-5-4-6-11-24)19-9-17-28-26(27-2)29-20-22-13-15-23(16-14-22)21-31-18-8-7-12-25(31)32/h4-8,10-16,18H,3,9,17,19-21H2,1-2H3,(H2,27,28,29). The van der Waals surface area contributed by atoms with E-state index < -0.39 is 0 Å². The molecule has 0 radical (unpaired) electrons. The summed E-state index contributed by atoms with van der Waals surface area (Å²) in [6.45, 7) is 6.30. The maximum Gasteiger partial charge on any atom is 0.250 e. The average molecular weight is 432 g/mol. The summed E-state index contributed by atoms with van der Waals surface area (Å²) in [7, 11) is 1.79. The van der Waals surface area contributed by atoms with Gasteiger partial charge in [-0.25, -0.2) is 0 Å². The van der Waals surface area contributed by atoms with Crippen molar-refractivity contribution in [2.24, 2.45) is 4.99 Å². The minimum atomic E-state index is 0.0129. The first-order chi connectivity index (χ1) is 15.7. The van der Waals surface area contributed by atoms with Gasteiger partial charge in [-0.2, -0.15) is 0 Å². The van der Waals surface area contributed by atoms with Crippen molar-refractivity contribution in [3.05, 3.63) is 100 Å². The molecule has 3 aromatic rings. The van der Waals surface area contributed by atoms with Crippen LogP contribution in [0, 0.1) is 0 Å². The quantitative estimate of drug-likeness (QED) is 0.293. The summed E-state index contributed by atoms with van der Waals surface area (Å²) >= 11 is 0. The summed E-state index contributed by atoms with van der Waals surface area (Å²) in [5.74, 6) is 0.799. The van der Waals surface area contributed by atoms with Gasteiger partial charge in [-0.1, -0.05) is 48.5 Å². The number of nitrogens with one attached hydrogen (secondary N) is 2. The van der Waals surface area contributed by atoms with Crippen LogP contribution in [0.2, 0.25) is 0 Å². The maximum atomic E-state index is 11.9. The molecule has 32 heavy (non-hydrogen) atoms. The van der Waals surface area contributed by atoms with Gasteiger partial charge in [0.15, 0.2) is 5.96 Å². The highest BCUT2D eigenvalue weighted by Crippen LogP contribution is 2.12. The first-order valence-corrected chi connectivity index (χ1v) is 11.2. The van der Waals surface area contributed by atoms with Crippen molar-refractivity contribution < 1.29 is 0 Å². The highest BCUT2D eigenvalue weighted by atomic mass is 16.1. The van der Waals surface area contributed by atoms with Gasteiger partial charge in [-0.3, -0.25) is 9.79 Å². The first-order valence-electron chi connectivity index (χ1n) is 11.2. The molecule has 0 spiro atoms. The van der Waals surface area contributed by atoms with Gasteiger partial charge in [-0.05, 0) is 42.7 Å². The molecule has 6 nitrogen and oxygen atoms in total. The fraction of sp³-hybridized carbons (Fsp3) is 0.308. The van der Waals surface area contributed by atoms with Crippen LogP contribution in [0.3, 0.4) is 0 Å². The van der Waals surface area contributed by atoms with Crippen LogP contribution < -0.4 is 21.1 Å².